The van der Waals surface area contributed by atoms with E-state index in [2.05, 4.69) is 24.3 Å². The largest absolute Gasteiger partial charge is 0.393 e. The summed E-state index contributed by atoms with van der Waals surface area (Å²) in [5.74, 6) is -1.26. The van der Waals surface area contributed by atoms with E-state index in [4.69, 9.17) is 4.74 Å². The molecular formula is C16H12O3. The molecule has 1 fully saturated rings. The second-order valence-corrected chi connectivity index (χ2v) is 5.33. The van der Waals surface area contributed by atoms with Gasteiger partial charge in [-0.3, -0.25) is 9.59 Å². The maximum atomic E-state index is 11.6. The Bertz CT molecular complexity index is 657. The van der Waals surface area contributed by atoms with E-state index < -0.39 is 0 Å². The third-order valence-electron chi connectivity index (χ3n) is 4.24. The maximum absolute atomic E-state index is 11.6. The van der Waals surface area contributed by atoms with Gasteiger partial charge in [0.1, 0.15) is 0 Å². The summed E-state index contributed by atoms with van der Waals surface area (Å²) in [6.07, 6.45) is 1.24. The highest BCUT2D eigenvalue weighted by atomic mass is 16.6. The minimum atomic E-state index is -0.353. The third kappa shape index (κ3) is 1.51. The molecule has 0 bridgehead atoms. The van der Waals surface area contributed by atoms with Crippen molar-refractivity contribution in [3.8, 4) is 0 Å². The van der Waals surface area contributed by atoms with Gasteiger partial charge in [-0.05, 0) is 34.7 Å². The van der Waals surface area contributed by atoms with E-state index in [1.807, 2.05) is 12.1 Å². The van der Waals surface area contributed by atoms with Crippen molar-refractivity contribution < 1.29 is 14.3 Å². The lowest BCUT2D eigenvalue weighted by Crippen LogP contribution is -2.27. The lowest BCUT2D eigenvalue weighted by Gasteiger charge is -2.23. The number of carbonyl (C=O) groups is 2. The number of fused-ring (bicyclic) bond motifs is 3. The Morgan fingerprint density at radius 3 is 1.79 bits per heavy atom. The summed E-state index contributed by atoms with van der Waals surface area (Å²) < 4.78 is 4.76. The zero-order valence-corrected chi connectivity index (χ0v) is 10.3. The molecule has 1 heterocycles. The minimum Gasteiger partial charge on any atom is -0.393 e. The van der Waals surface area contributed by atoms with Gasteiger partial charge in [0.2, 0.25) is 0 Å². The Balaban J connectivity index is 1.86. The number of carbonyl (C=O) groups excluding carboxylic acids is 2. The molecule has 1 aliphatic heterocycles. The minimum absolute atomic E-state index is 0.277. The van der Waals surface area contributed by atoms with E-state index in [9.17, 15) is 9.59 Å². The summed E-state index contributed by atoms with van der Waals surface area (Å²) in [6, 6.07) is 12.4. The predicted molar refractivity (Wildman–Crippen MR) is 69.4 cm³/mol. The van der Waals surface area contributed by atoms with Crippen molar-refractivity contribution in [1.29, 1.82) is 0 Å². The van der Waals surface area contributed by atoms with Crippen molar-refractivity contribution in [3.05, 3.63) is 47.5 Å². The fourth-order valence-corrected chi connectivity index (χ4v) is 3.22. The van der Waals surface area contributed by atoms with Gasteiger partial charge in [0.25, 0.3) is 0 Å². The topological polar surface area (TPSA) is 43.4 Å². The van der Waals surface area contributed by atoms with Crippen molar-refractivity contribution in [2.45, 2.75) is 12.8 Å². The second kappa shape index (κ2) is 3.67. The van der Waals surface area contributed by atoms with Crippen LogP contribution >= 0.6 is 0 Å². The quantitative estimate of drug-likeness (QED) is 0.533. The predicted octanol–water partition coefficient (Wildman–Crippen LogP) is 2.25. The molecule has 0 radical (unpaired) electrons. The van der Waals surface area contributed by atoms with Crippen molar-refractivity contribution in [2.75, 3.05) is 0 Å². The Morgan fingerprint density at radius 2 is 1.32 bits per heavy atom. The number of benzene rings is 2. The van der Waals surface area contributed by atoms with Crippen LogP contribution in [0.1, 0.15) is 11.1 Å². The van der Waals surface area contributed by atoms with Crippen LogP contribution in [-0.2, 0) is 27.2 Å². The average Bonchev–Trinajstić information content (AvgIpc) is 2.69. The summed E-state index contributed by atoms with van der Waals surface area (Å²) in [5, 5.41) is 2.36. The van der Waals surface area contributed by atoms with Crippen molar-refractivity contribution >= 4 is 22.7 Å². The fourth-order valence-electron chi connectivity index (χ4n) is 3.22. The molecule has 2 aromatic carbocycles. The molecule has 94 valence electrons. The van der Waals surface area contributed by atoms with Crippen LogP contribution in [0.4, 0.5) is 0 Å². The molecule has 19 heavy (non-hydrogen) atoms. The van der Waals surface area contributed by atoms with E-state index in [1.54, 1.807) is 0 Å². The standard InChI is InChI=1S/C16H12O3/c17-15-13-7-11-5-9-3-1-2-4-10(9)6-12(11)8-14(13)16(18)19-15/h1-6,13-14H,7-8H2/t13-,14+. The van der Waals surface area contributed by atoms with Crippen LogP contribution in [0.15, 0.2) is 36.4 Å². The average molecular weight is 252 g/mol. The summed E-state index contributed by atoms with van der Waals surface area (Å²) in [6.45, 7) is 0. The molecule has 3 nitrogen and oxygen atoms in total. The van der Waals surface area contributed by atoms with Crippen LogP contribution in [0.3, 0.4) is 0 Å². The van der Waals surface area contributed by atoms with Gasteiger partial charge in [0.15, 0.2) is 0 Å². The van der Waals surface area contributed by atoms with Gasteiger partial charge in [0, 0.05) is 0 Å². The monoisotopic (exact) mass is 252 g/mol. The molecule has 3 heteroatoms. The van der Waals surface area contributed by atoms with Gasteiger partial charge in [-0.25, -0.2) is 0 Å². The van der Waals surface area contributed by atoms with Crippen LogP contribution in [0.2, 0.25) is 0 Å². The van der Waals surface area contributed by atoms with Crippen LogP contribution in [0.5, 0.6) is 0 Å². The van der Waals surface area contributed by atoms with Crippen LogP contribution in [0.25, 0.3) is 10.8 Å². The smallest absolute Gasteiger partial charge is 0.317 e. The molecule has 0 amide bonds. The van der Waals surface area contributed by atoms with Gasteiger partial charge in [0.05, 0.1) is 11.8 Å². The van der Waals surface area contributed by atoms with E-state index in [1.165, 1.54) is 21.9 Å². The summed E-state index contributed by atoms with van der Waals surface area (Å²) in [5.41, 5.74) is 2.35. The third-order valence-corrected chi connectivity index (χ3v) is 4.24. The van der Waals surface area contributed by atoms with E-state index in [0.29, 0.717) is 12.8 Å². The number of hydrogen-bond acceptors (Lipinski definition) is 3. The van der Waals surface area contributed by atoms with E-state index in [0.717, 1.165) is 0 Å². The normalized spacial score (nSPS) is 25.1. The fraction of sp³-hybridized carbons (Fsp3) is 0.250. The molecule has 2 atom stereocenters. The molecule has 4 rings (SSSR count). The molecule has 0 spiro atoms. The Kier molecular flexibility index (Phi) is 2.07. The maximum Gasteiger partial charge on any atom is 0.317 e. The first kappa shape index (κ1) is 10.7. The van der Waals surface area contributed by atoms with Gasteiger partial charge in [-0.1, -0.05) is 36.4 Å². The molecular weight excluding hydrogens is 240 g/mol. The molecule has 1 saturated heterocycles. The number of esters is 2. The highest BCUT2D eigenvalue weighted by Gasteiger charge is 2.46. The molecule has 2 aromatic rings. The van der Waals surface area contributed by atoms with E-state index in [-0.39, 0.29) is 23.8 Å². The van der Waals surface area contributed by atoms with Crippen LogP contribution < -0.4 is 0 Å². The van der Waals surface area contributed by atoms with Crippen LogP contribution in [-0.4, -0.2) is 11.9 Å². The first-order valence-corrected chi connectivity index (χ1v) is 6.48. The highest BCUT2D eigenvalue weighted by Crippen LogP contribution is 2.37. The van der Waals surface area contributed by atoms with Crippen molar-refractivity contribution in [3.63, 3.8) is 0 Å². The van der Waals surface area contributed by atoms with Gasteiger partial charge >= 0.3 is 11.9 Å². The number of hydrogen-bond donors (Lipinski definition) is 0. The van der Waals surface area contributed by atoms with Gasteiger partial charge in [-0.2, -0.15) is 0 Å². The molecule has 0 unspecified atom stereocenters. The zero-order valence-electron chi connectivity index (χ0n) is 10.3. The highest BCUT2D eigenvalue weighted by molar-refractivity contribution is 5.97. The first-order valence-electron chi connectivity index (χ1n) is 6.48. The molecule has 0 N–H and O–H groups in total. The number of rotatable bonds is 0. The van der Waals surface area contributed by atoms with Crippen molar-refractivity contribution in [1.82, 2.24) is 0 Å². The van der Waals surface area contributed by atoms with Crippen LogP contribution in [0, 0.1) is 11.8 Å². The van der Waals surface area contributed by atoms with E-state index >= 15 is 0 Å². The second-order valence-electron chi connectivity index (χ2n) is 5.33. The molecule has 1 aliphatic carbocycles. The zero-order chi connectivity index (χ0) is 13.0. The Morgan fingerprint density at radius 1 is 0.842 bits per heavy atom. The first-order chi connectivity index (χ1) is 9.22. The lowest BCUT2D eigenvalue weighted by atomic mass is 9.76. The molecule has 0 aromatic heterocycles. The SMILES string of the molecule is O=C1OC(=O)[C@@H]2Cc3cc4ccccc4cc3C[C@H]12. The number of ether oxygens (including phenoxy) is 1. The van der Waals surface area contributed by atoms with Gasteiger partial charge in [-0.15, -0.1) is 0 Å². The Labute approximate surface area is 110 Å². The Hall–Kier alpha value is -2.16. The summed E-state index contributed by atoms with van der Waals surface area (Å²) in [4.78, 5) is 23.3. The lowest BCUT2D eigenvalue weighted by molar-refractivity contribution is -0.153. The molecule has 2 aliphatic rings. The summed E-state index contributed by atoms with van der Waals surface area (Å²) >= 11 is 0. The van der Waals surface area contributed by atoms with Gasteiger partial charge < -0.3 is 4.74 Å². The number of cyclic esters (lactones) is 2. The molecule has 0 saturated carbocycles. The summed E-state index contributed by atoms with van der Waals surface area (Å²) in [7, 11) is 0. The van der Waals surface area contributed by atoms with Crippen molar-refractivity contribution in [2.24, 2.45) is 11.8 Å².